The zero-order valence-corrected chi connectivity index (χ0v) is 4.97. The summed E-state index contributed by atoms with van der Waals surface area (Å²) in [5.41, 5.74) is 4.97. The highest BCUT2D eigenvalue weighted by atomic mass is 35.5. The molecule has 0 bridgehead atoms. The SMILES string of the molecule is C/C(N)=C(\Cl)[N+](=O)[O-]. The molecule has 5 heteroatoms. The number of allylic oxidation sites excluding steroid dienone is 1. The average molecular weight is 137 g/mol. The van der Waals surface area contributed by atoms with Gasteiger partial charge in [-0.05, 0) is 18.5 Å². The minimum absolute atomic E-state index is 0.0247. The van der Waals surface area contributed by atoms with Gasteiger partial charge in [0.15, 0.2) is 0 Å². The van der Waals surface area contributed by atoms with Crippen LogP contribution in [0.25, 0.3) is 0 Å². The second kappa shape index (κ2) is 2.52. The van der Waals surface area contributed by atoms with E-state index in [0.717, 1.165) is 0 Å². The van der Waals surface area contributed by atoms with E-state index in [2.05, 4.69) is 0 Å². The van der Waals surface area contributed by atoms with Crippen molar-refractivity contribution in [2.24, 2.45) is 5.73 Å². The lowest BCUT2D eigenvalue weighted by Gasteiger charge is -1.86. The standard InChI is InChI=1S/C3H5ClN2O2/c1-2(5)3(4)6(7)8/h5H2,1H3/b3-2-. The largest absolute Gasteiger partial charge is 0.396 e. The van der Waals surface area contributed by atoms with Crippen LogP contribution in [0.15, 0.2) is 10.9 Å². The van der Waals surface area contributed by atoms with Crippen LogP contribution in [0.5, 0.6) is 0 Å². The van der Waals surface area contributed by atoms with Gasteiger partial charge in [-0.3, -0.25) is 10.1 Å². The van der Waals surface area contributed by atoms with Gasteiger partial charge in [-0.15, -0.1) is 0 Å². The lowest BCUT2D eigenvalue weighted by Crippen LogP contribution is -2.01. The van der Waals surface area contributed by atoms with Crippen molar-refractivity contribution in [2.75, 3.05) is 0 Å². The van der Waals surface area contributed by atoms with Crippen LogP contribution in [0.1, 0.15) is 6.92 Å². The Morgan fingerprint density at radius 1 is 1.88 bits per heavy atom. The Morgan fingerprint density at radius 2 is 2.25 bits per heavy atom. The zero-order valence-electron chi connectivity index (χ0n) is 4.22. The number of hydrogen-bond donors (Lipinski definition) is 1. The van der Waals surface area contributed by atoms with Crippen molar-refractivity contribution in [1.82, 2.24) is 0 Å². The molecule has 2 N–H and O–H groups in total. The van der Waals surface area contributed by atoms with E-state index in [1.165, 1.54) is 6.92 Å². The van der Waals surface area contributed by atoms with Crippen molar-refractivity contribution in [3.05, 3.63) is 21.0 Å². The second-order valence-corrected chi connectivity index (χ2v) is 1.59. The number of nitrogens with two attached hydrogens (primary N) is 1. The molecule has 0 aliphatic rings. The van der Waals surface area contributed by atoms with Crippen molar-refractivity contribution < 1.29 is 4.92 Å². The molecule has 0 saturated heterocycles. The molecule has 0 fully saturated rings. The summed E-state index contributed by atoms with van der Waals surface area (Å²) in [5, 5.41) is 9.17. The van der Waals surface area contributed by atoms with Crippen LogP contribution in [-0.2, 0) is 0 Å². The minimum atomic E-state index is -0.739. The third-order valence-electron chi connectivity index (χ3n) is 0.486. The Balaban J connectivity index is 4.23. The van der Waals surface area contributed by atoms with E-state index >= 15 is 0 Å². The Hall–Kier alpha value is -0.770. The van der Waals surface area contributed by atoms with Gasteiger partial charge in [-0.1, -0.05) is 0 Å². The first kappa shape index (κ1) is 7.23. The predicted molar refractivity (Wildman–Crippen MR) is 29.7 cm³/mol. The summed E-state index contributed by atoms with van der Waals surface area (Å²) in [6, 6.07) is 0. The van der Waals surface area contributed by atoms with Gasteiger partial charge < -0.3 is 5.73 Å². The Morgan fingerprint density at radius 3 is 2.25 bits per heavy atom. The summed E-state index contributed by atoms with van der Waals surface area (Å²) in [4.78, 5) is 8.94. The Bertz CT molecular complexity index is 138. The number of hydrogen-bond acceptors (Lipinski definition) is 3. The quantitative estimate of drug-likeness (QED) is 0.327. The van der Waals surface area contributed by atoms with Crippen LogP contribution in [0.2, 0.25) is 0 Å². The monoisotopic (exact) mass is 136 g/mol. The van der Waals surface area contributed by atoms with Gasteiger partial charge in [0.25, 0.3) is 0 Å². The second-order valence-electron chi connectivity index (χ2n) is 1.23. The fourth-order valence-electron chi connectivity index (χ4n) is 0.144. The Kier molecular flexibility index (Phi) is 2.27. The maximum Gasteiger partial charge on any atom is 0.355 e. The van der Waals surface area contributed by atoms with E-state index in [4.69, 9.17) is 17.3 Å². The number of nitro groups is 1. The first-order valence-electron chi connectivity index (χ1n) is 1.82. The lowest BCUT2D eigenvalue weighted by molar-refractivity contribution is -0.413. The molecule has 0 saturated carbocycles. The molecule has 0 spiro atoms. The normalized spacial score (nSPS) is 12.8. The van der Waals surface area contributed by atoms with E-state index in [-0.39, 0.29) is 5.70 Å². The predicted octanol–water partition coefficient (Wildman–Crippen LogP) is 0.650. The number of rotatable bonds is 1. The third kappa shape index (κ3) is 1.79. The molecule has 0 aromatic heterocycles. The summed E-state index contributed by atoms with van der Waals surface area (Å²) in [6.07, 6.45) is 0. The van der Waals surface area contributed by atoms with E-state index in [0.29, 0.717) is 0 Å². The molecule has 0 aromatic rings. The van der Waals surface area contributed by atoms with Gasteiger partial charge in [0.05, 0.1) is 10.6 Å². The van der Waals surface area contributed by atoms with E-state index in [9.17, 15) is 10.1 Å². The lowest BCUT2D eigenvalue weighted by atomic mass is 10.6. The van der Waals surface area contributed by atoms with Crippen molar-refractivity contribution in [1.29, 1.82) is 0 Å². The first-order valence-corrected chi connectivity index (χ1v) is 2.19. The van der Waals surface area contributed by atoms with Crippen LogP contribution in [0.4, 0.5) is 0 Å². The van der Waals surface area contributed by atoms with Gasteiger partial charge in [0.2, 0.25) is 0 Å². The van der Waals surface area contributed by atoms with Gasteiger partial charge in [0.1, 0.15) is 0 Å². The summed E-state index contributed by atoms with van der Waals surface area (Å²) in [5.74, 6) is 0. The third-order valence-corrected chi connectivity index (χ3v) is 0.922. The van der Waals surface area contributed by atoms with E-state index in [1.54, 1.807) is 0 Å². The van der Waals surface area contributed by atoms with Gasteiger partial charge in [0, 0.05) is 0 Å². The fourth-order valence-corrected chi connectivity index (χ4v) is 0.144. The fraction of sp³-hybridized carbons (Fsp3) is 0.333. The van der Waals surface area contributed by atoms with Gasteiger partial charge in [-0.25, -0.2) is 0 Å². The zero-order chi connectivity index (χ0) is 6.73. The van der Waals surface area contributed by atoms with Crippen molar-refractivity contribution in [3.8, 4) is 0 Å². The highest BCUT2D eigenvalue weighted by molar-refractivity contribution is 6.28. The summed E-state index contributed by atoms with van der Waals surface area (Å²) < 4.78 is 0. The molecule has 0 atom stereocenters. The molecule has 0 unspecified atom stereocenters. The Labute approximate surface area is 51.1 Å². The maximum absolute atomic E-state index is 9.68. The van der Waals surface area contributed by atoms with Crippen molar-refractivity contribution in [3.63, 3.8) is 0 Å². The maximum atomic E-state index is 9.68. The molecule has 0 aliphatic carbocycles. The highest BCUT2D eigenvalue weighted by Crippen LogP contribution is 2.03. The van der Waals surface area contributed by atoms with Gasteiger partial charge >= 0.3 is 5.16 Å². The molecule has 46 valence electrons. The molecule has 8 heavy (non-hydrogen) atoms. The van der Waals surface area contributed by atoms with Crippen LogP contribution in [0, 0.1) is 10.1 Å². The summed E-state index contributed by atoms with van der Waals surface area (Å²) in [7, 11) is 0. The molecule has 0 rings (SSSR count). The molecule has 4 nitrogen and oxygen atoms in total. The molecule has 0 heterocycles. The van der Waals surface area contributed by atoms with Crippen LogP contribution in [-0.4, -0.2) is 4.92 Å². The molecule has 0 amide bonds. The van der Waals surface area contributed by atoms with Crippen molar-refractivity contribution >= 4 is 11.6 Å². The molecule has 0 aliphatic heterocycles. The van der Waals surface area contributed by atoms with Crippen LogP contribution < -0.4 is 5.73 Å². The first-order chi connectivity index (χ1) is 3.55. The smallest absolute Gasteiger partial charge is 0.355 e. The summed E-state index contributed by atoms with van der Waals surface area (Å²) in [6.45, 7) is 1.37. The molecular weight excluding hydrogens is 131 g/mol. The highest BCUT2D eigenvalue weighted by Gasteiger charge is 2.06. The molecule has 0 radical (unpaired) electrons. The topological polar surface area (TPSA) is 69.2 Å². The molecular formula is C3H5ClN2O2. The van der Waals surface area contributed by atoms with Crippen LogP contribution in [0.3, 0.4) is 0 Å². The van der Waals surface area contributed by atoms with E-state index in [1.807, 2.05) is 0 Å². The van der Waals surface area contributed by atoms with E-state index < -0.39 is 10.1 Å². The van der Waals surface area contributed by atoms with Crippen molar-refractivity contribution in [2.45, 2.75) is 6.92 Å². The average Bonchev–Trinajstić information content (AvgIpc) is 1.64. The summed E-state index contributed by atoms with van der Waals surface area (Å²) >= 11 is 5.01. The molecule has 0 aromatic carbocycles. The number of nitrogens with zero attached hydrogens (tertiary/aromatic N) is 1. The van der Waals surface area contributed by atoms with Crippen LogP contribution >= 0.6 is 11.6 Å². The minimum Gasteiger partial charge on any atom is -0.396 e. The number of halogens is 1. The van der Waals surface area contributed by atoms with Gasteiger partial charge in [-0.2, -0.15) is 0 Å².